The highest BCUT2D eigenvalue weighted by Crippen LogP contribution is 2.31. The lowest BCUT2D eigenvalue weighted by atomic mass is 10.1. The molecule has 0 radical (unpaired) electrons. The van der Waals surface area contributed by atoms with Crippen LogP contribution in [-0.2, 0) is 10.5 Å². The van der Waals surface area contributed by atoms with Gasteiger partial charge in [0.15, 0.2) is 0 Å². The molecule has 0 bridgehead atoms. The molecular formula is C16H23N3OS. The van der Waals surface area contributed by atoms with Gasteiger partial charge < -0.3 is 10.2 Å². The molecule has 1 aliphatic heterocycles. The molecule has 2 fully saturated rings. The fourth-order valence-corrected chi connectivity index (χ4v) is 3.67. The van der Waals surface area contributed by atoms with Crippen LogP contribution in [0.5, 0.6) is 0 Å². The summed E-state index contributed by atoms with van der Waals surface area (Å²) in [5, 5.41) is 3.09. The number of likely N-dealkylation sites (tertiary alicyclic amines) is 1. The fourth-order valence-electron chi connectivity index (χ4n) is 2.85. The van der Waals surface area contributed by atoms with E-state index < -0.39 is 0 Å². The van der Waals surface area contributed by atoms with E-state index in [0.29, 0.717) is 11.7 Å². The van der Waals surface area contributed by atoms with Gasteiger partial charge in [-0.3, -0.25) is 9.78 Å². The Morgan fingerprint density at radius 1 is 1.33 bits per heavy atom. The molecule has 0 spiro atoms. The van der Waals surface area contributed by atoms with E-state index in [9.17, 15) is 4.79 Å². The Labute approximate surface area is 130 Å². The van der Waals surface area contributed by atoms with Crippen LogP contribution in [0.25, 0.3) is 0 Å². The highest BCUT2D eigenvalue weighted by Gasteiger charge is 2.34. The summed E-state index contributed by atoms with van der Waals surface area (Å²) in [6, 6.07) is 4.85. The maximum Gasteiger partial charge on any atom is 0.230 e. The average molecular weight is 305 g/mol. The molecule has 114 valence electrons. The fraction of sp³-hybridized carbons (Fsp3) is 0.625. The lowest BCUT2D eigenvalue weighted by Crippen LogP contribution is -2.32. The second-order valence-electron chi connectivity index (χ2n) is 6.03. The van der Waals surface area contributed by atoms with Crippen molar-refractivity contribution in [3.63, 3.8) is 0 Å². The lowest BCUT2D eigenvalue weighted by Gasteiger charge is -2.15. The molecule has 5 heteroatoms. The maximum atomic E-state index is 11.9. The third-order valence-electron chi connectivity index (χ3n) is 4.22. The first-order valence-electron chi connectivity index (χ1n) is 7.78. The first kappa shape index (κ1) is 14.9. The molecule has 21 heavy (non-hydrogen) atoms. The van der Waals surface area contributed by atoms with Gasteiger partial charge in [-0.15, -0.1) is 11.8 Å². The van der Waals surface area contributed by atoms with Gasteiger partial charge in [0.1, 0.15) is 0 Å². The Morgan fingerprint density at radius 2 is 2.14 bits per heavy atom. The van der Waals surface area contributed by atoms with E-state index in [2.05, 4.69) is 15.2 Å². The van der Waals surface area contributed by atoms with E-state index in [1.807, 2.05) is 12.1 Å². The number of hydrogen-bond acceptors (Lipinski definition) is 4. The lowest BCUT2D eigenvalue weighted by molar-refractivity contribution is -0.118. The van der Waals surface area contributed by atoms with Crippen molar-refractivity contribution in [2.75, 3.05) is 25.4 Å². The number of carbonyl (C=O) groups is 1. The highest BCUT2D eigenvalue weighted by atomic mass is 32.2. The van der Waals surface area contributed by atoms with E-state index >= 15 is 0 Å². The molecule has 2 heterocycles. The average Bonchev–Trinajstić information content (AvgIpc) is 3.25. The summed E-state index contributed by atoms with van der Waals surface area (Å²) in [6.07, 6.45) is 7.58. The molecule has 3 rings (SSSR count). The van der Waals surface area contributed by atoms with Gasteiger partial charge in [0.25, 0.3) is 0 Å². The number of rotatable bonds is 7. The molecule has 1 amide bonds. The predicted molar refractivity (Wildman–Crippen MR) is 86.1 cm³/mol. The van der Waals surface area contributed by atoms with Gasteiger partial charge in [0.2, 0.25) is 5.91 Å². The predicted octanol–water partition coefficient (Wildman–Crippen LogP) is 1.92. The van der Waals surface area contributed by atoms with Crippen LogP contribution in [-0.4, -0.2) is 47.2 Å². The van der Waals surface area contributed by atoms with Crippen LogP contribution in [0.2, 0.25) is 0 Å². The SMILES string of the molecule is O=C(CSCc1ccncc1)NC[C@@H]1CCN(C2CC2)C1. The Kier molecular flexibility index (Phi) is 5.14. The Morgan fingerprint density at radius 3 is 2.90 bits per heavy atom. The number of thioether (sulfide) groups is 1. The molecular weight excluding hydrogens is 282 g/mol. The number of nitrogens with one attached hydrogen (secondary N) is 1. The van der Waals surface area contributed by atoms with Gasteiger partial charge in [-0.1, -0.05) is 0 Å². The molecule has 4 nitrogen and oxygen atoms in total. The molecule has 1 aliphatic carbocycles. The van der Waals surface area contributed by atoms with Crippen molar-refractivity contribution >= 4 is 17.7 Å². The van der Waals surface area contributed by atoms with Crippen molar-refractivity contribution in [2.24, 2.45) is 5.92 Å². The van der Waals surface area contributed by atoms with Crippen LogP contribution in [0.15, 0.2) is 24.5 Å². The van der Waals surface area contributed by atoms with Crippen LogP contribution in [0.1, 0.15) is 24.8 Å². The number of hydrogen-bond donors (Lipinski definition) is 1. The summed E-state index contributed by atoms with van der Waals surface area (Å²) in [4.78, 5) is 18.4. The first-order valence-corrected chi connectivity index (χ1v) is 8.94. The minimum absolute atomic E-state index is 0.166. The third-order valence-corrected chi connectivity index (χ3v) is 5.22. The number of aromatic nitrogens is 1. The monoisotopic (exact) mass is 305 g/mol. The second-order valence-corrected chi connectivity index (χ2v) is 7.02. The van der Waals surface area contributed by atoms with E-state index in [1.165, 1.54) is 37.9 Å². The summed E-state index contributed by atoms with van der Waals surface area (Å²) in [5.74, 6) is 2.23. The van der Waals surface area contributed by atoms with Crippen molar-refractivity contribution < 1.29 is 4.79 Å². The zero-order valence-corrected chi connectivity index (χ0v) is 13.1. The van der Waals surface area contributed by atoms with Crippen LogP contribution in [0, 0.1) is 5.92 Å². The smallest absolute Gasteiger partial charge is 0.230 e. The second kappa shape index (κ2) is 7.27. The van der Waals surface area contributed by atoms with E-state index in [1.54, 1.807) is 24.2 Å². The first-order chi connectivity index (χ1) is 10.3. The molecule has 0 unspecified atom stereocenters. The summed E-state index contributed by atoms with van der Waals surface area (Å²) in [7, 11) is 0. The van der Waals surface area contributed by atoms with E-state index in [-0.39, 0.29) is 5.91 Å². The molecule has 1 atom stereocenters. The largest absolute Gasteiger partial charge is 0.355 e. The zero-order valence-electron chi connectivity index (χ0n) is 12.3. The highest BCUT2D eigenvalue weighted by molar-refractivity contribution is 7.99. The Balaban J connectivity index is 1.28. The summed E-state index contributed by atoms with van der Waals surface area (Å²) in [5.41, 5.74) is 1.22. The van der Waals surface area contributed by atoms with Crippen molar-refractivity contribution in [3.05, 3.63) is 30.1 Å². The van der Waals surface area contributed by atoms with Crippen LogP contribution in [0.3, 0.4) is 0 Å². The number of nitrogens with zero attached hydrogens (tertiary/aromatic N) is 2. The normalized spacial score (nSPS) is 22.4. The number of carbonyl (C=O) groups excluding carboxylic acids is 1. The minimum atomic E-state index is 0.166. The van der Waals surface area contributed by atoms with Crippen molar-refractivity contribution in [1.29, 1.82) is 0 Å². The third kappa shape index (κ3) is 4.71. The zero-order chi connectivity index (χ0) is 14.5. The summed E-state index contributed by atoms with van der Waals surface area (Å²) in [6.45, 7) is 3.25. The maximum absolute atomic E-state index is 11.9. The van der Waals surface area contributed by atoms with Crippen LogP contribution in [0.4, 0.5) is 0 Å². The van der Waals surface area contributed by atoms with Crippen molar-refractivity contribution in [3.8, 4) is 0 Å². The van der Waals surface area contributed by atoms with Gasteiger partial charge in [0, 0.05) is 37.3 Å². The van der Waals surface area contributed by atoms with Crippen molar-refractivity contribution in [2.45, 2.75) is 31.1 Å². The van der Waals surface area contributed by atoms with Gasteiger partial charge in [0.05, 0.1) is 5.75 Å². The van der Waals surface area contributed by atoms with Gasteiger partial charge >= 0.3 is 0 Å². The molecule has 0 aromatic carbocycles. The van der Waals surface area contributed by atoms with E-state index in [4.69, 9.17) is 0 Å². The molecule has 1 aromatic rings. The van der Waals surface area contributed by atoms with Gasteiger partial charge in [-0.05, 0) is 49.4 Å². The van der Waals surface area contributed by atoms with Gasteiger partial charge in [-0.25, -0.2) is 0 Å². The van der Waals surface area contributed by atoms with Gasteiger partial charge in [-0.2, -0.15) is 0 Å². The number of pyridine rings is 1. The topological polar surface area (TPSA) is 45.2 Å². The number of amides is 1. The molecule has 1 saturated carbocycles. The minimum Gasteiger partial charge on any atom is -0.355 e. The van der Waals surface area contributed by atoms with Crippen LogP contribution >= 0.6 is 11.8 Å². The van der Waals surface area contributed by atoms with Crippen molar-refractivity contribution in [1.82, 2.24) is 15.2 Å². The van der Waals surface area contributed by atoms with E-state index in [0.717, 1.165) is 18.3 Å². The van der Waals surface area contributed by atoms with Crippen LogP contribution < -0.4 is 5.32 Å². The molecule has 1 saturated heterocycles. The Bertz CT molecular complexity index is 464. The quantitative estimate of drug-likeness (QED) is 0.836. The summed E-state index contributed by atoms with van der Waals surface area (Å²) >= 11 is 1.66. The Hall–Kier alpha value is -1.07. The standard InChI is InChI=1S/C16H23N3OS/c20-16(12-21-11-13-3-6-17-7-4-13)18-9-14-5-8-19(10-14)15-1-2-15/h3-4,6-7,14-15H,1-2,5,8-12H2,(H,18,20)/t14-/m0/s1. The molecule has 1 aromatic heterocycles. The molecule has 2 aliphatic rings. The summed E-state index contributed by atoms with van der Waals surface area (Å²) < 4.78 is 0. The molecule has 1 N–H and O–H groups in total.